The van der Waals surface area contributed by atoms with Crippen molar-refractivity contribution >= 4 is 28.8 Å². The predicted octanol–water partition coefficient (Wildman–Crippen LogP) is 1.99. The third kappa shape index (κ3) is 2.98. The minimum Gasteiger partial charge on any atom is -0.450 e. The van der Waals surface area contributed by atoms with Crippen LogP contribution in [0.25, 0.3) is 11.1 Å². The molecule has 0 bridgehead atoms. The number of hydrogen-bond donors (Lipinski definition) is 0. The van der Waals surface area contributed by atoms with Crippen molar-refractivity contribution in [2.75, 3.05) is 12.4 Å². The van der Waals surface area contributed by atoms with E-state index in [1.54, 1.807) is 12.1 Å². The lowest BCUT2D eigenvalue weighted by Crippen LogP contribution is -2.07. The van der Waals surface area contributed by atoms with Gasteiger partial charge in [0.25, 0.3) is 5.22 Å². The van der Waals surface area contributed by atoms with Gasteiger partial charge in [0.2, 0.25) is 0 Å². The van der Waals surface area contributed by atoms with Crippen molar-refractivity contribution in [2.24, 2.45) is 0 Å². The summed E-state index contributed by atoms with van der Waals surface area (Å²) < 4.78 is 10.00. The molecule has 2 aromatic rings. The Kier molecular flexibility index (Phi) is 3.62. The molecule has 0 aliphatic heterocycles. The number of carbonyl (C=O) groups is 1. The Bertz CT molecular complexity index is 540. The average molecular weight is 248 g/mol. The van der Waals surface area contributed by atoms with Gasteiger partial charge in [-0.3, -0.25) is 4.79 Å². The lowest BCUT2D eigenvalue weighted by atomic mass is 10.3. The molecule has 1 aromatic carbocycles. The van der Waals surface area contributed by atoms with Crippen molar-refractivity contribution in [1.82, 2.24) is 4.98 Å². The van der Waals surface area contributed by atoms with Crippen molar-refractivity contribution in [1.29, 1.82) is 5.26 Å². The summed E-state index contributed by atoms with van der Waals surface area (Å²) in [5, 5.41) is 8.65. The van der Waals surface area contributed by atoms with E-state index in [4.69, 9.17) is 9.68 Å². The number of fused-ring (bicyclic) bond motifs is 1. The van der Waals surface area contributed by atoms with E-state index < -0.39 is 5.97 Å². The van der Waals surface area contributed by atoms with Crippen molar-refractivity contribution in [3.05, 3.63) is 24.3 Å². The van der Waals surface area contributed by atoms with Crippen LogP contribution in [-0.4, -0.2) is 23.3 Å². The van der Waals surface area contributed by atoms with Crippen molar-refractivity contribution in [3.8, 4) is 6.07 Å². The first-order valence-corrected chi connectivity index (χ1v) is 5.79. The fourth-order valence-corrected chi connectivity index (χ4v) is 1.82. The van der Waals surface area contributed by atoms with Crippen LogP contribution in [0.1, 0.15) is 0 Å². The van der Waals surface area contributed by atoms with Crippen LogP contribution in [0.2, 0.25) is 0 Å². The minimum atomic E-state index is -0.459. The van der Waals surface area contributed by atoms with Crippen LogP contribution >= 0.6 is 11.8 Å². The van der Waals surface area contributed by atoms with Crippen molar-refractivity contribution < 1.29 is 13.9 Å². The summed E-state index contributed by atoms with van der Waals surface area (Å²) in [4.78, 5) is 15.3. The molecule has 0 amide bonds. The number of carbonyl (C=O) groups excluding carboxylic acids is 1. The van der Waals surface area contributed by atoms with E-state index in [-0.39, 0.29) is 12.4 Å². The van der Waals surface area contributed by atoms with Gasteiger partial charge in [0, 0.05) is 0 Å². The summed E-state index contributed by atoms with van der Waals surface area (Å²) >= 11 is 1.14. The highest BCUT2D eigenvalue weighted by Gasteiger charge is 2.09. The van der Waals surface area contributed by atoms with Gasteiger partial charge in [-0.2, -0.15) is 5.26 Å². The van der Waals surface area contributed by atoms with E-state index in [9.17, 15) is 4.79 Å². The summed E-state index contributed by atoms with van der Waals surface area (Å²) in [5.74, 6) is -0.382. The van der Waals surface area contributed by atoms with Gasteiger partial charge in [0.1, 0.15) is 17.3 Å². The molecule has 0 saturated carbocycles. The second-order valence-corrected chi connectivity index (χ2v) is 3.98. The van der Waals surface area contributed by atoms with Crippen molar-refractivity contribution in [2.45, 2.75) is 5.22 Å². The molecule has 0 aliphatic carbocycles. The normalized spacial score (nSPS) is 10.1. The second-order valence-electron chi connectivity index (χ2n) is 3.05. The van der Waals surface area contributed by atoms with Gasteiger partial charge in [0.05, 0.1) is 0 Å². The third-order valence-electron chi connectivity index (χ3n) is 1.89. The summed E-state index contributed by atoms with van der Waals surface area (Å²) in [6, 6.07) is 9.08. The zero-order valence-corrected chi connectivity index (χ0v) is 9.57. The van der Waals surface area contributed by atoms with Crippen LogP contribution in [0.5, 0.6) is 0 Å². The Morgan fingerprint density at radius 1 is 1.53 bits per heavy atom. The molecule has 0 radical (unpaired) electrons. The van der Waals surface area contributed by atoms with E-state index in [0.717, 1.165) is 17.3 Å². The molecule has 0 atom stereocenters. The average Bonchev–Trinajstić information content (AvgIpc) is 2.76. The number of ether oxygens (including phenoxy) is 1. The maximum atomic E-state index is 11.1. The van der Waals surface area contributed by atoms with Gasteiger partial charge in [-0.05, 0) is 12.1 Å². The van der Waals surface area contributed by atoms with E-state index >= 15 is 0 Å². The number of nitrogens with zero attached hydrogens (tertiary/aromatic N) is 2. The quantitative estimate of drug-likeness (QED) is 0.608. The first kappa shape index (κ1) is 11.5. The number of esters is 1. The Morgan fingerprint density at radius 2 is 2.35 bits per heavy atom. The van der Waals surface area contributed by atoms with Crippen LogP contribution in [-0.2, 0) is 9.53 Å². The first-order valence-electron chi connectivity index (χ1n) is 4.80. The summed E-state index contributed by atoms with van der Waals surface area (Å²) in [6.45, 7) is -0.229. The summed E-state index contributed by atoms with van der Waals surface area (Å²) in [6.07, 6.45) is 0. The monoisotopic (exact) mass is 248 g/mol. The van der Waals surface area contributed by atoms with E-state index in [0.29, 0.717) is 10.8 Å². The van der Waals surface area contributed by atoms with E-state index in [1.807, 2.05) is 18.2 Å². The van der Waals surface area contributed by atoms with Gasteiger partial charge in [-0.1, -0.05) is 23.9 Å². The van der Waals surface area contributed by atoms with Crippen LogP contribution < -0.4 is 0 Å². The molecule has 6 heteroatoms. The maximum Gasteiger partial charge on any atom is 0.317 e. The fraction of sp³-hybridized carbons (Fsp3) is 0.182. The molecular formula is C11H8N2O3S. The molecule has 0 saturated heterocycles. The fourth-order valence-electron chi connectivity index (χ4n) is 1.19. The summed E-state index contributed by atoms with van der Waals surface area (Å²) in [7, 11) is 0. The zero-order chi connectivity index (χ0) is 12.1. The number of aromatic nitrogens is 1. The number of thioether (sulfide) groups is 1. The largest absolute Gasteiger partial charge is 0.450 e. The smallest absolute Gasteiger partial charge is 0.317 e. The van der Waals surface area contributed by atoms with E-state index in [1.165, 1.54) is 0 Å². The number of nitriles is 1. The molecule has 1 aromatic heterocycles. The highest BCUT2D eigenvalue weighted by molar-refractivity contribution is 7.99. The Labute approximate surface area is 101 Å². The lowest BCUT2D eigenvalue weighted by Gasteiger charge is -1.96. The van der Waals surface area contributed by atoms with Gasteiger partial charge in [-0.25, -0.2) is 4.98 Å². The number of oxazole rings is 1. The number of hydrogen-bond acceptors (Lipinski definition) is 6. The number of rotatable bonds is 4. The molecule has 0 spiro atoms. The molecule has 86 valence electrons. The molecule has 17 heavy (non-hydrogen) atoms. The molecule has 0 fully saturated rings. The van der Waals surface area contributed by atoms with E-state index in [2.05, 4.69) is 9.72 Å². The highest BCUT2D eigenvalue weighted by atomic mass is 32.2. The van der Waals surface area contributed by atoms with Gasteiger partial charge >= 0.3 is 5.97 Å². The Hall–Kier alpha value is -2.00. The maximum absolute atomic E-state index is 11.1. The first-order chi connectivity index (χ1) is 8.29. The molecule has 5 nitrogen and oxygen atoms in total. The van der Waals surface area contributed by atoms with Crippen molar-refractivity contribution in [3.63, 3.8) is 0 Å². The topological polar surface area (TPSA) is 76.1 Å². The molecule has 1 heterocycles. The standard InChI is InChI=1S/C11H8N2O3S/c12-5-6-15-10(14)7-17-11-13-8-3-1-2-4-9(8)16-11/h1-4H,6-7H2. The zero-order valence-electron chi connectivity index (χ0n) is 8.75. The minimum absolute atomic E-state index is 0.0779. The van der Waals surface area contributed by atoms with Crippen LogP contribution in [0.15, 0.2) is 33.9 Å². The predicted molar refractivity (Wildman–Crippen MR) is 61.3 cm³/mol. The Balaban J connectivity index is 1.95. The van der Waals surface area contributed by atoms with Gasteiger partial charge in [0.15, 0.2) is 12.2 Å². The van der Waals surface area contributed by atoms with Crippen LogP contribution in [0, 0.1) is 11.3 Å². The molecule has 2 rings (SSSR count). The molecular weight excluding hydrogens is 240 g/mol. The summed E-state index contributed by atoms with van der Waals surface area (Å²) in [5.41, 5.74) is 1.43. The van der Waals surface area contributed by atoms with Gasteiger partial charge in [-0.15, -0.1) is 0 Å². The number of benzene rings is 1. The Morgan fingerprint density at radius 3 is 3.12 bits per heavy atom. The van der Waals surface area contributed by atoms with Gasteiger partial charge < -0.3 is 9.15 Å². The molecule has 0 N–H and O–H groups in total. The number of para-hydroxylation sites is 2. The molecule has 0 aliphatic rings. The molecule has 0 unspecified atom stereocenters. The lowest BCUT2D eigenvalue weighted by molar-refractivity contribution is -0.139. The second kappa shape index (κ2) is 5.37. The van der Waals surface area contributed by atoms with Crippen LogP contribution in [0.4, 0.5) is 0 Å². The van der Waals surface area contributed by atoms with Crippen LogP contribution in [0.3, 0.4) is 0 Å². The highest BCUT2D eigenvalue weighted by Crippen LogP contribution is 2.22. The third-order valence-corrected chi connectivity index (χ3v) is 2.69. The SMILES string of the molecule is N#CCOC(=O)CSc1nc2ccccc2o1.